The van der Waals surface area contributed by atoms with Crippen LogP contribution < -0.4 is 15.0 Å². The summed E-state index contributed by atoms with van der Waals surface area (Å²) in [5, 5.41) is 4.38. The minimum atomic E-state index is 0.811. The van der Waals surface area contributed by atoms with Crippen LogP contribution in [0.25, 0.3) is 0 Å². The Bertz CT molecular complexity index is 335. The van der Waals surface area contributed by atoms with E-state index in [0.29, 0.717) is 0 Å². The summed E-state index contributed by atoms with van der Waals surface area (Å²) in [6.45, 7) is 6.88. The van der Waals surface area contributed by atoms with Crippen LogP contribution in [0.4, 0.5) is 5.69 Å². The molecule has 17 heavy (non-hydrogen) atoms. The van der Waals surface area contributed by atoms with E-state index in [1.54, 1.807) is 0 Å². The van der Waals surface area contributed by atoms with Gasteiger partial charge in [-0.3, -0.25) is 0 Å². The average Bonchev–Trinajstić information content (AvgIpc) is 2.41. The molecule has 0 unspecified atom stereocenters. The van der Waals surface area contributed by atoms with Crippen molar-refractivity contribution in [2.24, 2.45) is 0 Å². The summed E-state index contributed by atoms with van der Waals surface area (Å²) in [7, 11) is 0. The number of benzene rings is 1. The highest BCUT2D eigenvalue weighted by Gasteiger charge is 2.14. The fraction of sp³-hybridized carbons (Fsp3) is 0.571. The first-order valence-electron chi connectivity index (χ1n) is 6.52. The number of para-hydroxylation sites is 2. The quantitative estimate of drug-likeness (QED) is 0.729. The summed E-state index contributed by atoms with van der Waals surface area (Å²) in [5.74, 6) is 1.02. The highest BCUT2D eigenvalue weighted by Crippen LogP contribution is 2.28. The first-order chi connectivity index (χ1) is 8.42. The van der Waals surface area contributed by atoms with Gasteiger partial charge >= 0.3 is 0 Å². The molecule has 1 heterocycles. The molecule has 0 bridgehead atoms. The SMILES string of the molecule is CCCCOc1ccccc1N1CC[N]CC1. The van der Waals surface area contributed by atoms with Gasteiger partial charge in [0.1, 0.15) is 5.75 Å². The topological polar surface area (TPSA) is 26.6 Å². The molecular weight excluding hydrogens is 212 g/mol. The molecule has 1 fully saturated rings. The number of nitrogens with zero attached hydrogens (tertiary/aromatic N) is 2. The lowest BCUT2D eigenvalue weighted by molar-refractivity contribution is 0.309. The molecule has 1 aliphatic rings. The van der Waals surface area contributed by atoms with Crippen molar-refractivity contribution >= 4 is 5.69 Å². The van der Waals surface area contributed by atoms with E-state index in [-0.39, 0.29) is 0 Å². The lowest BCUT2D eigenvalue weighted by Crippen LogP contribution is -2.40. The van der Waals surface area contributed by atoms with Crippen LogP contribution in [0.3, 0.4) is 0 Å². The number of anilines is 1. The molecule has 1 aromatic carbocycles. The van der Waals surface area contributed by atoms with E-state index >= 15 is 0 Å². The highest BCUT2D eigenvalue weighted by atomic mass is 16.5. The van der Waals surface area contributed by atoms with Crippen LogP contribution in [-0.2, 0) is 0 Å². The van der Waals surface area contributed by atoms with Gasteiger partial charge in [-0.2, -0.15) is 0 Å². The summed E-state index contributed by atoms with van der Waals surface area (Å²) in [6, 6.07) is 8.33. The predicted octanol–water partition coefficient (Wildman–Crippen LogP) is 2.29. The first kappa shape index (κ1) is 12.2. The molecule has 0 aromatic heterocycles. The molecule has 3 nitrogen and oxygen atoms in total. The van der Waals surface area contributed by atoms with Gasteiger partial charge in [-0.1, -0.05) is 25.5 Å². The van der Waals surface area contributed by atoms with Gasteiger partial charge in [0.2, 0.25) is 0 Å². The van der Waals surface area contributed by atoms with Gasteiger partial charge in [0.05, 0.1) is 12.3 Å². The zero-order valence-electron chi connectivity index (χ0n) is 10.6. The lowest BCUT2D eigenvalue weighted by Gasteiger charge is -2.30. The normalized spacial score (nSPS) is 15.9. The number of piperazine rings is 1. The van der Waals surface area contributed by atoms with Crippen molar-refractivity contribution < 1.29 is 4.74 Å². The van der Waals surface area contributed by atoms with E-state index < -0.39 is 0 Å². The van der Waals surface area contributed by atoms with Gasteiger partial charge in [-0.15, -0.1) is 0 Å². The predicted molar refractivity (Wildman–Crippen MR) is 70.9 cm³/mol. The second-order valence-corrected chi connectivity index (χ2v) is 4.33. The monoisotopic (exact) mass is 233 g/mol. The molecule has 0 aliphatic carbocycles. The van der Waals surface area contributed by atoms with E-state index in [2.05, 4.69) is 35.3 Å². The summed E-state index contributed by atoms with van der Waals surface area (Å²) in [5.41, 5.74) is 1.22. The maximum absolute atomic E-state index is 5.86. The van der Waals surface area contributed by atoms with Crippen LogP contribution >= 0.6 is 0 Å². The van der Waals surface area contributed by atoms with E-state index in [9.17, 15) is 0 Å². The Hall–Kier alpha value is -1.22. The Kier molecular flexibility index (Phi) is 4.68. The van der Waals surface area contributed by atoms with E-state index in [4.69, 9.17) is 4.74 Å². The number of hydrogen-bond acceptors (Lipinski definition) is 2. The standard InChI is InChI=1S/C14H21N2O/c1-2-3-12-17-14-7-5-4-6-13(14)16-10-8-15-9-11-16/h4-7H,2-3,8-12H2,1H3. The van der Waals surface area contributed by atoms with Crippen LogP contribution in [0.5, 0.6) is 5.75 Å². The summed E-state index contributed by atoms with van der Waals surface area (Å²) in [6.07, 6.45) is 2.29. The molecular formula is C14H21N2O. The van der Waals surface area contributed by atoms with Gasteiger partial charge in [-0.25, -0.2) is 5.32 Å². The van der Waals surface area contributed by atoms with Crippen LogP contribution in [0.2, 0.25) is 0 Å². The van der Waals surface area contributed by atoms with E-state index in [0.717, 1.165) is 45.0 Å². The minimum absolute atomic E-state index is 0.811. The molecule has 3 heteroatoms. The lowest BCUT2D eigenvalue weighted by atomic mass is 10.2. The van der Waals surface area contributed by atoms with E-state index in [1.165, 1.54) is 12.1 Å². The third-order valence-electron chi connectivity index (χ3n) is 3.02. The van der Waals surface area contributed by atoms with E-state index in [1.807, 2.05) is 6.07 Å². The molecule has 1 aromatic rings. The Labute approximate surface area is 104 Å². The summed E-state index contributed by atoms with van der Waals surface area (Å²) in [4.78, 5) is 2.37. The third-order valence-corrected chi connectivity index (χ3v) is 3.02. The van der Waals surface area contributed by atoms with Gasteiger partial charge in [0.25, 0.3) is 0 Å². The van der Waals surface area contributed by atoms with Crippen molar-refractivity contribution in [3.05, 3.63) is 24.3 Å². The van der Waals surface area contributed by atoms with Crippen molar-refractivity contribution in [1.29, 1.82) is 0 Å². The minimum Gasteiger partial charge on any atom is -0.491 e. The number of unbranched alkanes of at least 4 members (excludes halogenated alkanes) is 1. The fourth-order valence-electron chi connectivity index (χ4n) is 2.01. The maximum atomic E-state index is 5.86. The molecule has 0 spiro atoms. The summed E-state index contributed by atoms with van der Waals surface area (Å²) < 4.78 is 5.86. The third kappa shape index (κ3) is 3.37. The highest BCUT2D eigenvalue weighted by molar-refractivity contribution is 5.58. The van der Waals surface area contributed by atoms with Crippen molar-refractivity contribution in [3.8, 4) is 5.75 Å². The van der Waals surface area contributed by atoms with Crippen molar-refractivity contribution in [2.75, 3.05) is 37.7 Å². The average molecular weight is 233 g/mol. The van der Waals surface area contributed by atoms with Crippen molar-refractivity contribution in [3.63, 3.8) is 0 Å². The molecule has 0 atom stereocenters. The number of rotatable bonds is 5. The molecule has 0 amide bonds. The molecule has 2 rings (SSSR count). The van der Waals surface area contributed by atoms with Crippen LogP contribution in [-0.4, -0.2) is 32.8 Å². The van der Waals surface area contributed by atoms with Gasteiger partial charge in [0.15, 0.2) is 0 Å². The number of ether oxygens (including phenoxy) is 1. The molecule has 0 N–H and O–H groups in total. The van der Waals surface area contributed by atoms with Gasteiger partial charge < -0.3 is 9.64 Å². The molecule has 1 saturated heterocycles. The number of hydrogen-bond donors (Lipinski definition) is 0. The first-order valence-corrected chi connectivity index (χ1v) is 6.52. The van der Waals surface area contributed by atoms with Gasteiger partial charge in [-0.05, 0) is 18.6 Å². The van der Waals surface area contributed by atoms with Gasteiger partial charge in [0, 0.05) is 26.2 Å². The second-order valence-electron chi connectivity index (χ2n) is 4.33. The zero-order valence-corrected chi connectivity index (χ0v) is 10.6. The Balaban J connectivity index is 2.03. The summed E-state index contributed by atoms with van der Waals surface area (Å²) >= 11 is 0. The van der Waals surface area contributed by atoms with Crippen LogP contribution in [0.1, 0.15) is 19.8 Å². The zero-order chi connectivity index (χ0) is 11.9. The largest absolute Gasteiger partial charge is 0.491 e. The van der Waals surface area contributed by atoms with Crippen molar-refractivity contribution in [2.45, 2.75) is 19.8 Å². The molecule has 0 saturated carbocycles. The maximum Gasteiger partial charge on any atom is 0.142 e. The Morgan fingerprint density at radius 3 is 2.76 bits per heavy atom. The second kappa shape index (κ2) is 6.50. The molecule has 93 valence electrons. The van der Waals surface area contributed by atoms with Crippen molar-refractivity contribution in [1.82, 2.24) is 5.32 Å². The Morgan fingerprint density at radius 1 is 1.24 bits per heavy atom. The van der Waals surface area contributed by atoms with Crippen LogP contribution in [0.15, 0.2) is 24.3 Å². The molecule has 1 radical (unpaired) electrons. The smallest absolute Gasteiger partial charge is 0.142 e. The molecule has 1 aliphatic heterocycles. The fourth-order valence-corrected chi connectivity index (χ4v) is 2.01. The Morgan fingerprint density at radius 2 is 2.00 bits per heavy atom. The van der Waals surface area contributed by atoms with Crippen LogP contribution in [0, 0.1) is 0 Å².